The highest BCUT2D eigenvalue weighted by Gasteiger charge is 2.32. The number of benzene rings is 1. The monoisotopic (exact) mass is 409 g/mol. The first kappa shape index (κ1) is 21.6. The fraction of sp³-hybridized carbons (Fsp3) is 0.316. The molecule has 0 spiro atoms. The van der Waals surface area contributed by atoms with Gasteiger partial charge in [-0.15, -0.1) is 13.2 Å². The molecule has 0 aliphatic rings. The van der Waals surface area contributed by atoms with E-state index in [1.807, 2.05) is 20.8 Å². The van der Waals surface area contributed by atoms with Crippen molar-refractivity contribution in [3.63, 3.8) is 0 Å². The number of aromatic nitrogens is 1. The number of thioether (sulfide) groups is 1. The van der Waals surface area contributed by atoms with Gasteiger partial charge in [-0.2, -0.15) is 5.26 Å². The summed E-state index contributed by atoms with van der Waals surface area (Å²) < 4.78 is 41.3. The molecule has 1 N–H and O–H groups in total. The number of hydrogen-bond acceptors (Lipinski definition) is 5. The van der Waals surface area contributed by atoms with Crippen LogP contribution in [0.4, 0.5) is 13.2 Å². The average molecular weight is 409 g/mol. The first-order chi connectivity index (χ1) is 13.1. The summed E-state index contributed by atoms with van der Waals surface area (Å²) in [6.07, 6.45) is -4.81. The zero-order valence-electron chi connectivity index (χ0n) is 15.5. The van der Waals surface area contributed by atoms with Gasteiger partial charge in [-0.05, 0) is 38.0 Å². The van der Waals surface area contributed by atoms with E-state index in [0.717, 1.165) is 28.6 Å². The molecule has 0 saturated heterocycles. The highest BCUT2D eigenvalue weighted by molar-refractivity contribution is 8.00. The van der Waals surface area contributed by atoms with Crippen molar-refractivity contribution < 1.29 is 22.7 Å². The van der Waals surface area contributed by atoms with Gasteiger partial charge in [0.2, 0.25) is 5.91 Å². The molecule has 5 nitrogen and oxygen atoms in total. The number of halogens is 3. The standard InChI is InChI=1S/C19H18F3N3O2S/c1-11-12(2)15(8-23)18(25-13(11)3)28-10-17(26)24-9-14-6-4-5-7-16(14)27-19(20,21)22/h4-7H,9-10H2,1-3H3,(H,24,26). The lowest BCUT2D eigenvalue weighted by molar-refractivity contribution is -0.274. The molecule has 2 aromatic rings. The molecule has 2 rings (SSSR count). The van der Waals surface area contributed by atoms with E-state index >= 15 is 0 Å². The third kappa shape index (κ3) is 5.63. The van der Waals surface area contributed by atoms with E-state index in [1.165, 1.54) is 18.2 Å². The summed E-state index contributed by atoms with van der Waals surface area (Å²) in [5.41, 5.74) is 3.14. The SMILES string of the molecule is Cc1nc(SCC(=O)NCc2ccccc2OC(F)(F)F)c(C#N)c(C)c1C. The number of hydrogen-bond donors (Lipinski definition) is 1. The third-order valence-corrected chi connectivity index (χ3v) is 5.06. The number of carbonyl (C=O) groups is 1. The minimum absolute atomic E-state index is 0.0219. The van der Waals surface area contributed by atoms with Crippen molar-refractivity contribution in [1.29, 1.82) is 5.26 Å². The molecule has 9 heteroatoms. The van der Waals surface area contributed by atoms with Gasteiger partial charge in [0.05, 0.1) is 11.3 Å². The van der Waals surface area contributed by atoms with Crippen molar-refractivity contribution >= 4 is 17.7 Å². The molecule has 1 heterocycles. The molecule has 28 heavy (non-hydrogen) atoms. The van der Waals surface area contributed by atoms with Crippen LogP contribution in [0, 0.1) is 32.1 Å². The van der Waals surface area contributed by atoms with Gasteiger partial charge in [0, 0.05) is 17.8 Å². The van der Waals surface area contributed by atoms with Gasteiger partial charge in [-0.3, -0.25) is 4.79 Å². The second-order valence-electron chi connectivity index (χ2n) is 5.96. The first-order valence-electron chi connectivity index (χ1n) is 8.23. The summed E-state index contributed by atoms with van der Waals surface area (Å²) in [6.45, 7) is 5.41. The van der Waals surface area contributed by atoms with Gasteiger partial charge >= 0.3 is 6.36 Å². The van der Waals surface area contributed by atoms with Gasteiger partial charge in [-0.25, -0.2) is 4.98 Å². The van der Waals surface area contributed by atoms with Crippen molar-refractivity contribution in [1.82, 2.24) is 10.3 Å². The molecule has 0 radical (unpaired) electrons. The molecule has 0 bridgehead atoms. The molecule has 0 unspecified atom stereocenters. The second kappa shape index (κ2) is 8.97. The largest absolute Gasteiger partial charge is 0.573 e. The van der Waals surface area contributed by atoms with E-state index in [9.17, 15) is 23.2 Å². The van der Waals surface area contributed by atoms with Gasteiger partial charge in [-0.1, -0.05) is 30.0 Å². The van der Waals surface area contributed by atoms with Gasteiger partial charge in [0.25, 0.3) is 0 Å². The van der Waals surface area contributed by atoms with E-state index in [1.54, 1.807) is 6.07 Å². The minimum atomic E-state index is -4.81. The van der Waals surface area contributed by atoms with Gasteiger partial charge in [0.15, 0.2) is 0 Å². The lowest BCUT2D eigenvalue weighted by Crippen LogP contribution is -2.26. The van der Waals surface area contributed by atoms with Crippen LogP contribution >= 0.6 is 11.8 Å². The molecule has 1 aromatic heterocycles. The number of carbonyl (C=O) groups excluding carboxylic acids is 1. The van der Waals surface area contributed by atoms with Crippen molar-refractivity contribution in [2.75, 3.05) is 5.75 Å². The second-order valence-corrected chi connectivity index (χ2v) is 6.92. The van der Waals surface area contributed by atoms with Crippen LogP contribution in [0.1, 0.15) is 27.9 Å². The molecular formula is C19H18F3N3O2S. The Balaban J connectivity index is 2.01. The lowest BCUT2D eigenvalue weighted by Gasteiger charge is -2.14. The Kier molecular flexibility index (Phi) is 6.91. The topological polar surface area (TPSA) is 75.0 Å². The number of ether oxygens (including phenoxy) is 1. The zero-order chi connectivity index (χ0) is 20.9. The van der Waals surface area contributed by atoms with Crippen molar-refractivity contribution in [3.05, 3.63) is 52.2 Å². The average Bonchev–Trinajstić information content (AvgIpc) is 2.62. The summed E-state index contributed by atoms with van der Waals surface area (Å²) in [5, 5.41) is 12.4. The maximum Gasteiger partial charge on any atom is 0.573 e. The van der Waals surface area contributed by atoms with Crippen LogP contribution in [-0.2, 0) is 11.3 Å². The molecule has 0 aliphatic carbocycles. The Morgan fingerprint density at radius 2 is 1.93 bits per heavy atom. The van der Waals surface area contributed by atoms with Crippen LogP contribution in [0.3, 0.4) is 0 Å². The van der Waals surface area contributed by atoms with E-state index in [0.29, 0.717) is 10.6 Å². The van der Waals surface area contributed by atoms with Crippen LogP contribution in [0.2, 0.25) is 0 Å². The summed E-state index contributed by atoms with van der Waals surface area (Å²) in [4.78, 5) is 16.5. The van der Waals surface area contributed by atoms with Gasteiger partial charge < -0.3 is 10.1 Å². The Bertz CT molecular complexity index is 924. The number of nitrogens with zero attached hydrogens (tertiary/aromatic N) is 2. The number of nitrogens with one attached hydrogen (secondary N) is 1. The van der Waals surface area contributed by atoms with Crippen LogP contribution in [0.15, 0.2) is 29.3 Å². The number of aryl methyl sites for hydroxylation is 1. The molecule has 148 valence electrons. The fourth-order valence-corrected chi connectivity index (χ4v) is 3.31. The number of amides is 1. The van der Waals surface area contributed by atoms with Crippen LogP contribution in [0.5, 0.6) is 5.75 Å². The van der Waals surface area contributed by atoms with Crippen molar-refractivity contribution in [2.45, 2.75) is 38.7 Å². The Morgan fingerprint density at radius 3 is 2.57 bits per heavy atom. The minimum Gasteiger partial charge on any atom is -0.405 e. The quantitative estimate of drug-likeness (QED) is 0.725. The van der Waals surface area contributed by atoms with Crippen molar-refractivity contribution in [2.24, 2.45) is 0 Å². The lowest BCUT2D eigenvalue weighted by atomic mass is 10.1. The Morgan fingerprint density at radius 1 is 1.25 bits per heavy atom. The Hall–Kier alpha value is -2.73. The molecule has 1 aromatic carbocycles. The highest BCUT2D eigenvalue weighted by atomic mass is 32.2. The van der Waals surface area contributed by atoms with E-state index < -0.39 is 12.3 Å². The number of pyridine rings is 1. The predicted molar refractivity (Wildman–Crippen MR) is 98.9 cm³/mol. The molecule has 0 fully saturated rings. The van der Waals surface area contributed by atoms with E-state index in [-0.39, 0.29) is 23.6 Å². The zero-order valence-corrected chi connectivity index (χ0v) is 16.3. The molecule has 0 aliphatic heterocycles. The number of nitriles is 1. The number of rotatable bonds is 6. The fourth-order valence-electron chi connectivity index (χ4n) is 2.40. The predicted octanol–water partition coefficient (Wildman–Crippen LogP) is 4.19. The van der Waals surface area contributed by atoms with E-state index in [4.69, 9.17) is 0 Å². The molecule has 1 amide bonds. The number of alkyl halides is 3. The summed E-state index contributed by atoms with van der Waals surface area (Å²) in [7, 11) is 0. The first-order valence-corrected chi connectivity index (χ1v) is 9.22. The van der Waals surface area contributed by atoms with E-state index in [2.05, 4.69) is 21.1 Å². The maximum absolute atomic E-state index is 12.4. The van der Waals surface area contributed by atoms with Crippen LogP contribution < -0.4 is 10.1 Å². The molecular weight excluding hydrogens is 391 g/mol. The summed E-state index contributed by atoms with van der Waals surface area (Å²) in [6, 6.07) is 7.70. The summed E-state index contributed by atoms with van der Waals surface area (Å²) >= 11 is 1.11. The maximum atomic E-state index is 12.4. The third-order valence-electron chi connectivity index (χ3n) is 4.09. The summed E-state index contributed by atoms with van der Waals surface area (Å²) in [5.74, 6) is -0.777. The number of para-hydroxylation sites is 1. The van der Waals surface area contributed by atoms with Crippen LogP contribution in [-0.4, -0.2) is 23.0 Å². The smallest absolute Gasteiger partial charge is 0.405 e. The van der Waals surface area contributed by atoms with Crippen molar-refractivity contribution in [3.8, 4) is 11.8 Å². The molecule has 0 saturated carbocycles. The highest BCUT2D eigenvalue weighted by Crippen LogP contribution is 2.27. The van der Waals surface area contributed by atoms with Crippen LogP contribution in [0.25, 0.3) is 0 Å². The van der Waals surface area contributed by atoms with Gasteiger partial charge in [0.1, 0.15) is 16.8 Å². The normalized spacial score (nSPS) is 11.0. The molecule has 0 atom stereocenters. The Labute approximate surface area is 164 Å².